The van der Waals surface area contributed by atoms with Crippen LogP contribution in [0.15, 0.2) is 65.6 Å². The van der Waals surface area contributed by atoms with Crippen molar-refractivity contribution in [3.05, 3.63) is 98.5 Å². The molecule has 0 aliphatic carbocycles. The number of carboxylic acids is 1. The van der Waals surface area contributed by atoms with Crippen molar-refractivity contribution in [2.75, 3.05) is 0 Å². The average molecular weight is 633 g/mol. The first-order valence-electron chi connectivity index (χ1n) is 12.1. The van der Waals surface area contributed by atoms with E-state index in [0.717, 1.165) is 18.7 Å². The summed E-state index contributed by atoms with van der Waals surface area (Å²) in [5, 5.41) is 22.6. The fourth-order valence-corrected chi connectivity index (χ4v) is 5.91. The zero-order valence-electron chi connectivity index (χ0n) is 21.5. The minimum atomic E-state index is -5.19. The number of carbonyl (C=O) groups excluding carboxylic acids is 2. The van der Waals surface area contributed by atoms with Crippen LogP contribution in [0.2, 0.25) is 10.0 Å². The standard InChI is InChI=1S/C25H24Cl2N2O4S.C2HF3O2/c1-16(22-3-2-4-23(26)25(22)27)29(31)24(30)12-17-6-9-21(10-7-17)34(32,33)15-18-5-8-19-13-28-14-20(19)11-18;3-2(4,5)1(6)7/h2-11,16,28,31H,12-15H2,1H3;(H,6,7). The molecule has 3 N–H and O–H groups in total. The van der Waals surface area contributed by atoms with E-state index in [1.54, 1.807) is 37.3 Å². The van der Waals surface area contributed by atoms with E-state index < -0.39 is 33.9 Å². The van der Waals surface area contributed by atoms with Gasteiger partial charge >= 0.3 is 6.18 Å². The summed E-state index contributed by atoms with van der Waals surface area (Å²) in [4.78, 5) is 21.6. The number of hydroxylamine groups is 2. The van der Waals surface area contributed by atoms with Crippen LogP contribution in [0.4, 0.5) is 13.2 Å². The molecule has 1 aliphatic rings. The Bertz CT molecular complexity index is 1530. The van der Waals surface area contributed by atoms with Crippen LogP contribution in [0.5, 0.6) is 0 Å². The zero-order chi connectivity index (χ0) is 30.5. The van der Waals surface area contributed by atoms with Gasteiger partial charge in [-0.2, -0.15) is 13.2 Å². The number of hydrogen-bond acceptors (Lipinski definition) is 6. The van der Waals surface area contributed by atoms with Gasteiger partial charge in [0.25, 0.3) is 5.91 Å². The molecular weight excluding hydrogens is 608 g/mol. The maximum atomic E-state index is 12.9. The van der Waals surface area contributed by atoms with E-state index >= 15 is 0 Å². The van der Waals surface area contributed by atoms with Crippen molar-refractivity contribution in [2.45, 2.75) is 49.3 Å². The van der Waals surface area contributed by atoms with Crippen LogP contribution in [0.1, 0.15) is 40.8 Å². The topological polar surface area (TPSA) is 131 Å². The summed E-state index contributed by atoms with van der Waals surface area (Å²) in [6.07, 6.45) is -5.29. The first-order valence-corrected chi connectivity index (χ1v) is 14.5. The monoisotopic (exact) mass is 632 g/mol. The lowest BCUT2D eigenvalue weighted by molar-refractivity contribution is -0.676. The van der Waals surface area contributed by atoms with E-state index in [4.69, 9.17) is 33.1 Å². The number of nitrogens with zero attached hydrogens (tertiary/aromatic N) is 1. The van der Waals surface area contributed by atoms with Crippen molar-refractivity contribution in [3.8, 4) is 0 Å². The number of alkyl halides is 3. The summed E-state index contributed by atoms with van der Waals surface area (Å²) >= 11 is 12.2. The molecule has 0 aromatic heterocycles. The number of aliphatic carboxylic acids is 1. The third-order valence-electron chi connectivity index (χ3n) is 6.28. The summed E-state index contributed by atoms with van der Waals surface area (Å²) in [7, 11) is -3.53. The number of hydrogen-bond donors (Lipinski definition) is 2. The second kappa shape index (κ2) is 13.2. The molecule has 3 aromatic rings. The van der Waals surface area contributed by atoms with Gasteiger partial charge in [0.05, 0.1) is 33.2 Å². The Morgan fingerprint density at radius 2 is 1.61 bits per heavy atom. The smallest absolute Gasteiger partial charge is 0.430 e. The van der Waals surface area contributed by atoms with Crippen LogP contribution in [-0.2, 0) is 44.7 Å². The Labute approximate surface area is 244 Å². The van der Waals surface area contributed by atoms with Crippen LogP contribution in [0.25, 0.3) is 0 Å². The number of quaternary nitrogens is 1. The van der Waals surface area contributed by atoms with E-state index in [0.29, 0.717) is 21.2 Å². The third kappa shape index (κ3) is 8.43. The van der Waals surface area contributed by atoms with Crippen LogP contribution in [-0.4, -0.2) is 36.7 Å². The van der Waals surface area contributed by atoms with Gasteiger partial charge in [-0.25, -0.2) is 13.5 Å². The van der Waals surface area contributed by atoms with Crippen LogP contribution in [0.3, 0.4) is 0 Å². The summed E-state index contributed by atoms with van der Waals surface area (Å²) < 4.78 is 57.4. The van der Waals surface area contributed by atoms with Gasteiger partial charge in [0, 0.05) is 11.1 Å². The van der Waals surface area contributed by atoms with Crippen molar-refractivity contribution in [3.63, 3.8) is 0 Å². The number of nitrogens with two attached hydrogens (primary N) is 1. The normalized spacial score (nSPS) is 13.5. The molecule has 1 unspecified atom stereocenters. The highest BCUT2D eigenvalue weighted by molar-refractivity contribution is 7.90. The summed E-state index contributed by atoms with van der Waals surface area (Å²) in [6, 6.07) is 16.3. The molecule has 1 amide bonds. The van der Waals surface area contributed by atoms with Crippen molar-refractivity contribution in [1.29, 1.82) is 0 Å². The Balaban J connectivity index is 0.000000587. The van der Waals surface area contributed by atoms with E-state index in [1.165, 1.54) is 23.3 Å². The second-order valence-corrected chi connectivity index (χ2v) is 12.0. The predicted molar refractivity (Wildman–Crippen MR) is 141 cm³/mol. The second-order valence-electron chi connectivity index (χ2n) is 9.22. The molecule has 1 heterocycles. The summed E-state index contributed by atoms with van der Waals surface area (Å²) in [5.74, 6) is -3.64. The lowest BCUT2D eigenvalue weighted by Gasteiger charge is -2.24. The van der Waals surface area contributed by atoms with Crippen LogP contribution < -0.4 is 10.4 Å². The van der Waals surface area contributed by atoms with Gasteiger partial charge in [-0.3, -0.25) is 10.0 Å². The molecule has 0 saturated carbocycles. The molecule has 1 atom stereocenters. The quantitative estimate of drug-likeness (QED) is 0.303. The van der Waals surface area contributed by atoms with E-state index in [2.05, 4.69) is 5.32 Å². The minimum Gasteiger partial charge on any atom is -0.542 e. The number of sulfone groups is 1. The Morgan fingerprint density at radius 3 is 2.22 bits per heavy atom. The molecule has 0 saturated heterocycles. The van der Waals surface area contributed by atoms with Gasteiger partial charge in [0.1, 0.15) is 19.1 Å². The van der Waals surface area contributed by atoms with Crippen molar-refractivity contribution in [1.82, 2.24) is 5.06 Å². The number of carbonyl (C=O) groups is 2. The molecule has 0 spiro atoms. The number of rotatable bonds is 7. The fraction of sp³-hybridized carbons (Fsp3) is 0.259. The first kappa shape index (κ1) is 32.4. The van der Waals surface area contributed by atoms with Gasteiger partial charge in [0.2, 0.25) is 0 Å². The maximum Gasteiger partial charge on any atom is 0.430 e. The first-order chi connectivity index (χ1) is 19.1. The molecule has 1 aliphatic heterocycles. The van der Waals surface area contributed by atoms with Gasteiger partial charge in [0.15, 0.2) is 9.84 Å². The predicted octanol–water partition coefficient (Wildman–Crippen LogP) is 3.36. The largest absolute Gasteiger partial charge is 0.542 e. The lowest BCUT2D eigenvalue weighted by Crippen LogP contribution is -2.77. The molecule has 8 nitrogen and oxygen atoms in total. The number of amides is 1. The van der Waals surface area contributed by atoms with Gasteiger partial charge in [-0.05, 0) is 47.9 Å². The van der Waals surface area contributed by atoms with E-state index in [1.807, 2.05) is 18.2 Å². The van der Waals surface area contributed by atoms with Gasteiger partial charge < -0.3 is 15.2 Å². The maximum absolute atomic E-state index is 12.9. The Hall–Kier alpha value is -3.16. The molecule has 41 heavy (non-hydrogen) atoms. The van der Waals surface area contributed by atoms with Crippen molar-refractivity contribution in [2.24, 2.45) is 0 Å². The third-order valence-corrected chi connectivity index (χ3v) is 8.82. The van der Waals surface area contributed by atoms with Crippen molar-refractivity contribution >= 4 is 44.9 Å². The minimum absolute atomic E-state index is 0.0825. The average Bonchev–Trinajstić information content (AvgIpc) is 3.37. The molecule has 0 fully saturated rings. The molecule has 220 valence electrons. The SMILES string of the molecule is CC(c1cccc(Cl)c1Cl)N(O)C(=O)Cc1ccc(S(=O)(=O)Cc2ccc3c(c2)C[NH2+]C3)cc1.O=C([O-])C(F)(F)F. The van der Waals surface area contributed by atoms with Gasteiger partial charge in [-0.15, -0.1) is 0 Å². The van der Waals surface area contributed by atoms with Crippen LogP contribution >= 0.6 is 23.2 Å². The molecule has 0 radical (unpaired) electrons. The Morgan fingerprint density at radius 1 is 1.02 bits per heavy atom. The fourth-order valence-electron chi connectivity index (χ4n) is 4.11. The highest BCUT2D eigenvalue weighted by atomic mass is 35.5. The zero-order valence-corrected chi connectivity index (χ0v) is 23.8. The van der Waals surface area contributed by atoms with E-state index in [-0.39, 0.29) is 22.1 Å². The highest BCUT2D eigenvalue weighted by Crippen LogP contribution is 2.32. The summed E-state index contributed by atoms with van der Waals surface area (Å²) in [6.45, 7) is 3.44. The van der Waals surface area contributed by atoms with Gasteiger partial charge in [-0.1, -0.05) is 59.6 Å². The molecular formula is C27H25Cl2F3N2O6S. The highest BCUT2D eigenvalue weighted by Gasteiger charge is 2.29. The molecule has 14 heteroatoms. The number of fused-ring (bicyclic) bond motifs is 1. The molecule has 4 rings (SSSR count). The molecule has 3 aromatic carbocycles. The number of benzene rings is 3. The van der Waals surface area contributed by atoms with Crippen LogP contribution in [0, 0.1) is 0 Å². The molecule has 0 bridgehead atoms. The number of carboxylic acid groups (broad SMARTS) is 1. The lowest BCUT2D eigenvalue weighted by atomic mass is 10.1. The number of halogens is 5. The van der Waals surface area contributed by atoms with E-state index in [9.17, 15) is 31.6 Å². The summed E-state index contributed by atoms with van der Waals surface area (Å²) in [5.41, 5.74) is 4.30. The Kier molecular flexibility index (Phi) is 10.4. The van der Waals surface area contributed by atoms with Crippen molar-refractivity contribution < 1.29 is 46.8 Å².